The number of rotatable bonds is 7. The van der Waals surface area contributed by atoms with E-state index in [1.54, 1.807) is 0 Å². The second-order valence-electron chi connectivity index (χ2n) is 9.73. The van der Waals surface area contributed by atoms with Gasteiger partial charge in [0.15, 0.2) is 5.82 Å². The van der Waals surface area contributed by atoms with E-state index in [1.165, 1.54) is 18.4 Å². The van der Waals surface area contributed by atoms with E-state index >= 15 is 0 Å². The first-order valence-electron chi connectivity index (χ1n) is 11.3. The van der Waals surface area contributed by atoms with Crippen molar-refractivity contribution in [3.05, 3.63) is 41.5 Å². The average Bonchev–Trinajstić information content (AvgIpc) is 3.47. The van der Waals surface area contributed by atoms with E-state index in [0.717, 1.165) is 49.8 Å². The smallest absolute Gasteiger partial charge is 0.222 e. The van der Waals surface area contributed by atoms with Gasteiger partial charge in [0.05, 0.1) is 6.61 Å². The number of ether oxygens (including phenoxy) is 1. The number of piperidine rings is 1. The molecule has 2 aliphatic rings. The van der Waals surface area contributed by atoms with Gasteiger partial charge in [-0.25, -0.2) is 4.98 Å². The van der Waals surface area contributed by atoms with Gasteiger partial charge >= 0.3 is 0 Å². The highest BCUT2D eigenvalue weighted by Crippen LogP contribution is 2.38. The molecule has 30 heavy (non-hydrogen) atoms. The second kappa shape index (κ2) is 8.78. The van der Waals surface area contributed by atoms with Gasteiger partial charge < -0.3 is 9.64 Å². The van der Waals surface area contributed by atoms with Crippen LogP contribution in [0.4, 0.5) is 0 Å². The van der Waals surface area contributed by atoms with E-state index in [2.05, 4.69) is 48.1 Å². The van der Waals surface area contributed by atoms with Crippen LogP contribution in [0.2, 0.25) is 0 Å². The summed E-state index contributed by atoms with van der Waals surface area (Å²) in [6.07, 6.45) is 5.64. The molecular formula is C24H34N4O2. The van der Waals surface area contributed by atoms with Gasteiger partial charge in [-0.2, -0.15) is 5.10 Å². The molecule has 1 aromatic heterocycles. The third-order valence-corrected chi connectivity index (χ3v) is 6.22. The summed E-state index contributed by atoms with van der Waals surface area (Å²) in [5.74, 6) is 4.07. The van der Waals surface area contributed by atoms with Gasteiger partial charge in [-0.15, -0.1) is 0 Å². The number of amides is 1. The highest BCUT2D eigenvalue weighted by atomic mass is 16.5. The van der Waals surface area contributed by atoms with E-state index in [1.807, 2.05) is 17.0 Å². The van der Waals surface area contributed by atoms with Crippen LogP contribution in [0.15, 0.2) is 24.3 Å². The van der Waals surface area contributed by atoms with Crippen LogP contribution in [0.25, 0.3) is 0 Å². The molecule has 2 aromatic rings. The SMILES string of the molecule is CC(C)(C)c1ccc(OCCCC(=O)N2CCC(c3nc(C4CC4)n[nH]3)CC2)cc1. The van der Waals surface area contributed by atoms with Crippen LogP contribution in [0.1, 0.15) is 88.3 Å². The number of hydrogen-bond acceptors (Lipinski definition) is 4. The molecule has 2 fully saturated rings. The zero-order chi connectivity index (χ0) is 21.1. The van der Waals surface area contributed by atoms with E-state index in [4.69, 9.17) is 4.74 Å². The predicted octanol–water partition coefficient (Wildman–Crippen LogP) is 4.54. The van der Waals surface area contributed by atoms with Crippen molar-refractivity contribution in [1.29, 1.82) is 0 Å². The Bertz CT molecular complexity index is 841. The molecule has 1 saturated carbocycles. The van der Waals surface area contributed by atoms with Crippen LogP contribution >= 0.6 is 0 Å². The summed E-state index contributed by atoms with van der Waals surface area (Å²) >= 11 is 0. The summed E-state index contributed by atoms with van der Waals surface area (Å²) < 4.78 is 5.82. The third kappa shape index (κ3) is 5.21. The molecule has 2 heterocycles. The van der Waals surface area contributed by atoms with Gasteiger partial charge in [0.2, 0.25) is 5.91 Å². The molecule has 1 aromatic carbocycles. The number of benzene rings is 1. The number of aromatic amines is 1. The summed E-state index contributed by atoms with van der Waals surface area (Å²) in [7, 11) is 0. The van der Waals surface area contributed by atoms with Crippen molar-refractivity contribution >= 4 is 5.91 Å². The molecule has 6 heteroatoms. The molecule has 1 amide bonds. The normalized spacial score (nSPS) is 17.9. The molecule has 4 rings (SSSR count). The van der Waals surface area contributed by atoms with Crippen LogP contribution in [-0.2, 0) is 10.2 Å². The molecule has 162 valence electrons. The quantitative estimate of drug-likeness (QED) is 0.680. The van der Waals surface area contributed by atoms with Crippen molar-refractivity contribution < 1.29 is 9.53 Å². The topological polar surface area (TPSA) is 71.1 Å². The van der Waals surface area contributed by atoms with Gasteiger partial charge in [0, 0.05) is 31.3 Å². The van der Waals surface area contributed by atoms with Crippen molar-refractivity contribution in [3.63, 3.8) is 0 Å². The molecule has 6 nitrogen and oxygen atoms in total. The van der Waals surface area contributed by atoms with Crippen molar-refractivity contribution in [2.45, 2.75) is 76.5 Å². The Hall–Kier alpha value is -2.37. The predicted molar refractivity (Wildman–Crippen MR) is 117 cm³/mol. The van der Waals surface area contributed by atoms with E-state index in [9.17, 15) is 4.79 Å². The first-order valence-corrected chi connectivity index (χ1v) is 11.3. The Kier molecular flexibility index (Phi) is 6.11. The Labute approximate surface area is 179 Å². The zero-order valence-corrected chi connectivity index (χ0v) is 18.5. The number of nitrogens with one attached hydrogen (secondary N) is 1. The van der Waals surface area contributed by atoms with Crippen LogP contribution < -0.4 is 4.74 Å². The molecule has 0 radical (unpaired) electrons. The minimum Gasteiger partial charge on any atom is -0.494 e. The minimum atomic E-state index is 0.144. The molecule has 1 saturated heterocycles. The van der Waals surface area contributed by atoms with Gasteiger partial charge in [-0.05, 0) is 55.2 Å². The fourth-order valence-corrected chi connectivity index (χ4v) is 4.02. The molecule has 0 atom stereocenters. The lowest BCUT2D eigenvalue weighted by molar-refractivity contribution is -0.132. The zero-order valence-electron chi connectivity index (χ0n) is 18.5. The number of hydrogen-bond donors (Lipinski definition) is 1. The fourth-order valence-electron chi connectivity index (χ4n) is 4.02. The van der Waals surface area contributed by atoms with Gasteiger partial charge in [0.1, 0.15) is 11.6 Å². The number of likely N-dealkylation sites (tertiary alicyclic amines) is 1. The first kappa shape index (κ1) is 20.9. The van der Waals surface area contributed by atoms with Crippen molar-refractivity contribution in [1.82, 2.24) is 20.1 Å². The van der Waals surface area contributed by atoms with Crippen molar-refractivity contribution in [3.8, 4) is 5.75 Å². The molecule has 0 unspecified atom stereocenters. The average molecular weight is 411 g/mol. The Morgan fingerprint density at radius 1 is 1.10 bits per heavy atom. The molecule has 1 aliphatic heterocycles. The molecule has 0 bridgehead atoms. The summed E-state index contributed by atoms with van der Waals surface area (Å²) in [5, 5.41) is 7.50. The Morgan fingerprint density at radius 3 is 2.43 bits per heavy atom. The van der Waals surface area contributed by atoms with Crippen molar-refractivity contribution in [2.24, 2.45) is 0 Å². The van der Waals surface area contributed by atoms with Crippen LogP contribution in [0.5, 0.6) is 5.75 Å². The monoisotopic (exact) mass is 410 g/mol. The highest BCUT2D eigenvalue weighted by molar-refractivity contribution is 5.76. The maximum Gasteiger partial charge on any atom is 0.222 e. The lowest BCUT2D eigenvalue weighted by atomic mass is 9.87. The third-order valence-electron chi connectivity index (χ3n) is 6.22. The van der Waals surface area contributed by atoms with Crippen LogP contribution in [0.3, 0.4) is 0 Å². The highest BCUT2D eigenvalue weighted by Gasteiger charge is 2.30. The Balaban J connectivity index is 1.15. The number of carbonyl (C=O) groups is 1. The Morgan fingerprint density at radius 2 is 1.80 bits per heavy atom. The fraction of sp³-hybridized carbons (Fsp3) is 0.625. The number of aromatic nitrogens is 3. The minimum absolute atomic E-state index is 0.144. The summed E-state index contributed by atoms with van der Waals surface area (Å²) in [4.78, 5) is 19.2. The standard InChI is InChI=1S/C24H34N4O2/c1-24(2,3)19-8-10-20(11-9-19)30-16-4-5-21(29)28-14-12-18(13-15-28)23-25-22(26-27-23)17-6-7-17/h8-11,17-18H,4-7,12-16H2,1-3H3,(H,25,26,27). The summed E-state index contributed by atoms with van der Waals surface area (Å²) in [6.45, 7) is 8.78. The van der Waals surface area contributed by atoms with E-state index in [-0.39, 0.29) is 11.3 Å². The summed E-state index contributed by atoms with van der Waals surface area (Å²) in [5.41, 5.74) is 1.44. The van der Waals surface area contributed by atoms with E-state index in [0.29, 0.717) is 24.9 Å². The second-order valence-corrected chi connectivity index (χ2v) is 9.73. The number of carbonyl (C=O) groups excluding carboxylic acids is 1. The maximum absolute atomic E-state index is 12.5. The van der Waals surface area contributed by atoms with Gasteiger partial charge in [-0.3, -0.25) is 9.89 Å². The summed E-state index contributed by atoms with van der Waals surface area (Å²) in [6, 6.07) is 8.27. The van der Waals surface area contributed by atoms with Gasteiger partial charge in [-0.1, -0.05) is 32.9 Å². The number of H-pyrrole nitrogens is 1. The van der Waals surface area contributed by atoms with E-state index < -0.39 is 0 Å². The maximum atomic E-state index is 12.5. The lowest BCUT2D eigenvalue weighted by Crippen LogP contribution is -2.38. The molecule has 1 N–H and O–H groups in total. The van der Waals surface area contributed by atoms with Crippen LogP contribution in [-0.4, -0.2) is 45.7 Å². The largest absolute Gasteiger partial charge is 0.494 e. The van der Waals surface area contributed by atoms with Crippen molar-refractivity contribution in [2.75, 3.05) is 19.7 Å². The molecule has 1 aliphatic carbocycles. The van der Waals surface area contributed by atoms with Gasteiger partial charge in [0.25, 0.3) is 0 Å². The van der Waals surface area contributed by atoms with Crippen LogP contribution in [0, 0.1) is 0 Å². The first-order chi connectivity index (χ1) is 14.4. The number of nitrogens with zero attached hydrogens (tertiary/aromatic N) is 3. The molecular weight excluding hydrogens is 376 g/mol. The lowest BCUT2D eigenvalue weighted by Gasteiger charge is -2.31. The molecule has 0 spiro atoms.